The molecule has 0 amide bonds. The lowest BCUT2D eigenvalue weighted by Gasteiger charge is -2.12. The van der Waals surface area contributed by atoms with Crippen LogP contribution in [-0.2, 0) is 6.42 Å². The monoisotopic (exact) mass is 146 g/mol. The van der Waals surface area contributed by atoms with Gasteiger partial charge in [0.1, 0.15) is 0 Å². The zero-order chi connectivity index (χ0) is 7.68. The summed E-state index contributed by atoms with van der Waals surface area (Å²) in [7, 11) is 0. The van der Waals surface area contributed by atoms with Crippen LogP contribution in [0.25, 0.3) is 0 Å². The van der Waals surface area contributed by atoms with Crippen LogP contribution in [0.3, 0.4) is 0 Å². The van der Waals surface area contributed by atoms with Crippen LogP contribution in [0, 0.1) is 0 Å². The molecule has 11 heavy (non-hydrogen) atoms. The van der Waals surface area contributed by atoms with Crippen LogP contribution in [0.5, 0.6) is 0 Å². The molecule has 1 aliphatic rings. The largest absolute Gasteiger partial charge is 0.399 e. The molecule has 0 atom stereocenters. The van der Waals surface area contributed by atoms with Gasteiger partial charge in [-0.15, -0.1) is 0 Å². The predicted octanol–water partition coefficient (Wildman–Crippen LogP) is 1.75. The summed E-state index contributed by atoms with van der Waals surface area (Å²) >= 11 is 0. The van der Waals surface area contributed by atoms with Crippen LogP contribution in [-0.4, -0.2) is 0 Å². The molecule has 3 N–H and O–H groups in total. The van der Waals surface area contributed by atoms with Crippen molar-refractivity contribution in [1.82, 2.24) is 0 Å². The van der Waals surface area contributed by atoms with Crippen LogP contribution < -0.4 is 11.1 Å². The molecule has 1 heterocycles. The predicted molar refractivity (Wildman–Crippen MR) is 47.3 cm³/mol. The molecule has 1 aromatic rings. The van der Waals surface area contributed by atoms with Crippen molar-refractivity contribution in [1.29, 1.82) is 0 Å². The fraction of sp³-hybridized carbons (Fsp3) is 0.111. The van der Waals surface area contributed by atoms with Gasteiger partial charge in [-0.25, -0.2) is 0 Å². The lowest BCUT2D eigenvalue weighted by atomic mass is 10.1. The van der Waals surface area contributed by atoms with Gasteiger partial charge in [0.05, 0.1) is 0 Å². The van der Waals surface area contributed by atoms with Crippen molar-refractivity contribution in [3.63, 3.8) is 0 Å². The molecule has 0 unspecified atom stereocenters. The molecule has 0 fully saturated rings. The molecule has 0 aromatic heterocycles. The van der Waals surface area contributed by atoms with E-state index in [-0.39, 0.29) is 0 Å². The second-order valence-electron chi connectivity index (χ2n) is 2.67. The Morgan fingerprint density at radius 1 is 1.36 bits per heavy atom. The summed E-state index contributed by atoms with van der Waals surface area (Å²) in [6, 6.07) is 5.92. The zero-order valence-corrected chi connectivity index (χ0v) is 6.17. The smallest absolute Gasteiger partial charge is 0.0416 e. The van der Waals surface area contributed by atoms with Gasteiger partial charge in [-0.1, -0.05) is 6.08 Å². The summed E-state index contributed by atoms with van der Waals surface area (Å²) in [5, 5.41) is 3.15. The van der Waals surface area contributed by atoms with E-state index in [1.165, 1.54) is 11.3 Å². The second-order valence-corrected chi connectivity index (χ2v) is 2.67. The Hall–Kier alpha value is -1.44. The Morgan fingerprint density at radius 2 is 2.27 bits per heavy atom. The maximum Gasteiger partial charge on any atom is 0.0416 e. The van der Waals surface area contributed by atoms with Crippen molar-refractivity contribution in [2.45, 2.75) is 6.42 Å². The number of allylic oxidation sites excluding steroid dienone is 1. The lowest BCUT2D eigenvalue weighted by molar-refractivity contribution is 1.23. The summed E-state index contributed by atoms with van der Waals surface area (Å²) in [6.07, 6.45) is 5.02. The first-order valence-electron chi connectivity index (χ1n) is 3.66. The van der Waals surface area contributed by atoms with E-state index in [0.717, 1.165) is 12.1 Å². The summed E-state index contributed by atoms with van der Waals surface area (Å²) in [5.41, 5.74) is 8.90. The maximum absolute atomic E-state index is 5.63. The molecule has 1 aliphatic heterocycles. The number of anilines is 2. The molecule has 0 saturated carbocycles. The standard InChI is InChI=1S/C9H10N2/c10-8-3-4-9-7(6-8)2-1-5-11-9/h1,3-6,11H,2,10H2. The van der Waals surface area contributed by atoms with Gasteiger partial charge < -0.3 is 11.1 Å². The summed E-state index contributed by atoms with van der Waals surface area (Å²) < 4.78 is 0. The van der Waals surface area contributed by atoms with E-state index in [9.17, 15) is 0 Å². The number of nitrogen functional groups attached to an aromatic ring is 1. The number of fused-ring (bicyclic) bond motifs is 1. The second kappa shape index (κ2) is 2.31. The average molecular weight is 146 g/mol. The summed E-state index contributed by atoms with van der Waals surface area (Å²) in [5.74, 6) is 0. The normalized spacial score (nSPS) is 13.8. The molecule has 2 rings (SSSR count). The van der Waals surface area contributed by atoms with Crippen molar-refractivity contribution in [2.24, 2.45) is 0 Å². The average Bonchev–Trinajstić information content (AvgIpc) is 2.04. The Morgan fingerprint density at radius 3 is 3.18 bits per heavy atom. The first-order chi connectivity index (χ1) is 5.36. The molecule has 0 saturated heterocycles. The highest BCUT2D eigenvalue weighted by molar-refractivity contribution is 5.61. The Balaban J connectivity index is 2.48. The number of hydrogen-bond donors (Lipinski definition) is 2. The van der Waals surface area contributed by atoms with E-state index in [4.69, 9.17) is 5.73 Å². The van der Waals surface area contributed by atoms with Gasteiger partial charge in [-0.05, 0) is 36.4 Å². The van der Waals surface area contributed by atoms with E-state index in [0.29, 0.717) is 0 Å². The van der Waals surface area contributed by atoms with Gasteiger partial charge in [0.25, 0.3) is 0 Å². The minimum absolute atomic E-state index is 0.834. The van der Waals surface area contributed by atoms with Crippen LogP contribution in [0.4, 0.5) is 11.4 Å². The fourth-order valence-electron chi connectivity index (χ4n) is 1.26. The van der Waals surface area contributed by atoms with Crippen molar-refractivity contribution in [2.75, 3.05) is 11.1 Å². The van der Waals surface area contributed by atoms with Crippen molar-refractivity contribution in [3.05, 3.63) is 36.0 Å². The molecule has 2 heteroatoms. The number of benzene rings is 1. The molecule has 2 nitrogen and oxygen atoms in total. The topological polar surface area (TPSA) is 38.0 Å². The number of rotatable bonds is 0. The van der Waals surface area contributed by atoms with Crippen LogP contribution >= 0.6 is 0 Å². The highest BCUT2D eigenvalue weighted by Crippen LogP contribution is 2.22. The third kappa shape index (κ3) is 1.07. The molecular weight excluding hydrogens is 136 g/mol. The van der Waals surface area contributed by atoms with Crippen molar-refractivity contribution < 1.29 is 0 Å². The van der Waals surface area contributed by atoms with Gasteiger partial charge in [0.15, 0.2) is 0 Å². The zero-order valence-electron chi connectivity index (χ0n) is 6.17. The van der Waals surface area contributed by atoms with Gasteiger partial charge in [-0.2, -0.15) is 0 Å². The van der Waals surface area contributed by atoms with Crippen molar-refractivity contribution in [3.8, 4) is 0 Å². The minimum atomic E-state index is 0.834. The van der Waals surface area contributed by atoms with E-state index in [2.05, 4.69) is 11.4 Å². The van der Waals surface area contributed by atoms with Gasteiger partial charge >= 0.3 is 0 Å². The van der Waals surface area contributed by atoms with Gasteiger partial charge in [0, 0.05) is 11.4 Å². The Labute approximate surface area is 65.7 Å². The molecule has 0 spiro atoms. The number of nitrogens with one attached hydrogen (secondary N) is 1. The van der Waals surface area contributed by atoms with Crippen LogP contribution in [0.15, 0.2) is 30.5 Å². The fourth-order valence-corrected chi connectivity index (χ4v) is 1.26. The van der Waals surface area contributed by atoms with E-state index in [1.807, 2.05) is 24.4 Å². The Bertz CT molecular complexity index is 302. The highest BCUT2D eigenvalue weighted by atomic mass is 14.8. The maximum atomic E-state index is 5.63. The summed E-state index contributed by atoms with van der Waals surface area (Å²) in [4.78, 5) is 0. The quantitative estimate of drug-likeness (QED) is 0.547. The molecular formula is C9H10N2. The van der Waals surface area contributed by atoms with E-state index < -0.39 is 0 Å². The van der Waals surface area contributed by atoms with Gasteiger partial charge in [0.2, 0.25) is 0 Å². The molecule has 56 valence electrons. The van der Waals surface area contributed by atoms with Crippen molar-refractivity contribution >= 4 is 11.4 Å². The lowest BCUT2D eigenvalue weighted by Crippen LogP contribution is -2.00. The molecule has 0 aliphatic carbocycles. The molecule has 0 radical (unpaired) electrons. The van der Waals surface area contributed by atoms with Crippen LogP contribution in [0.2, 0.25) is 0 Å². The third-order valence-electron chi connectivity index (χ3n) is 1.82. The SMILES string of the molecule is Nc1ccc2c(c1)CC=CN2. The van der Waals surface area contributed by atoms with Crippen LogP contribution in [0.1, 0.15) is 5.56 Å². The number of hydrogen-bond acceptors (Lipinski definition) is 2. The van der Waals surface area contributed by atoms with E-state index >= 15 is 0 Å². The van der Waals surface area contributed by atoms with E-state index in [1.54, 1.807) is 0 Å². The molecule has 1 aromatic carbocycles. The number of nitrogens with two attached hydrogens (primary N) is 1. The first-order valence-corrected chi connectivity index (χ1v) is 3.66. The minimum Gasteiger partial charge on any atom is -0.399 e. The Kier molecular flexibility index (Phi) is 1.32. The van der Waals surface area contributed by atoms with Gasteiger partial charge in [-0.3, -0.25) is 0 Å². The molecule has 0 bridgehead atoms. The third-order valence-corrected chi connectivity index (χ3v) is 1.82. The first kappa shape index (κ1) is 6.28. The highest BCUT2D eigenvalue weighted by Gasteiger charge is 2.02. The summed E-state index contributed by atoms with van der Waals surface area (Å²) in [6.45, 7) is 0.